The number of hydrogen-bond acceptors (Lipinski definition) is 3. The Kier molecular flexibility index (Phi) is 5.66. The topological polar surface area (TPSA) is 66.4 Å². The van der Waals surface area contributed by atoms with Crippen LogP contribution in [-0.4, -0.2) is 34.0 Å². The molecule has 1 aliphatic carbocycles. The Bertz CT molecular complexity index is 252. The van der Waals surface area contributed by atoms with Crippen molar-refractivity contribution in [1.29, 1.82) is 0 Å². The highest BCUT2D eigenvalue weighted by molar-refractivity contribution is 8.00. The van der Waals surface area contributed by atoms with Crippen molar-refractivity contribution in [2.75, 3.05) is 5.75 Å². The largest absolute Gasteiger partial charge is 0.481 e. The molecule has 0 bridgehead atoms. The van der Waals surface area contributed by atoms with E-state index in [1.807, 2.05) is 6.92 Å². The van der Waals surface area contributed by atoms with E-state index in [-0.39, 0.29) is 17.6 Å². The first-order valence-corrected chi connectivity index (χ1v) is 6.75. The minimum absolute atomic E-state index is 0.00757. The summed E-state index contributed by atoms with van der Waals surface area (Å²) >= 11 is 1.40. The maximum atomic E-state index is 11.5. The molecule has 0 heterocycles. The molecule has 0 radical (unpaired) electrons. The van der Waals surface area contributed by atoms with E-state index in [9.17, 15) is 9.59 Å². The van der Waals surface area contributed by atoms with Gasteiger partial charge in [-0.05, 0) is 12.8 Å². The van der Waals surface area contributed by atoms with Crippen LogP contribution in [0.2, 0.25) is 0 Å². The van der Waals surface area contributed by atoms with Crippen LogP contribution in [0.25, 0.3) is 0 Å². The number of carboxylic acid groups (broad SMARTS) is 1. The first kappa shape index (κ1) is 13.4. The van der Waals surface area contributed by atoms with Gasteiger partial charge in [0, 0.05) is 11.3 Å². The van der Waals surface area contributed by atoms with Gasteiger partial charge in [0.25, 0.3) is 0 Å². The number of carbonyl (C=O) groups is 2. The fourth-order valence-electron chi connectivity index (χ4n) is 1.86. The molecule has 2 N–H and O–H groups in total. The highest BCUT2D eigenvalue weighted by Crippen LogP contribution is 2.18. The summed E-state index contributed by atoms with van der Waals surface area (Å²) in [5.74, 6) is -0.407. The van der Waals surface area contributed by atoms with Crippen molar-refractivity contribution in [2.24, 2.45) is 0 Å². The fourth-order valence-corrected chi connectivity index (χ4v) is 2.64. The third-order valence-electron chi connectivity index (χ3n) is 2.68. The molecule has 0 aliphatic heterocycles. The van der Waals surface area contributed by atoms with Gasteiger partial charge in [0.15, 0.2) is 0 Å². The lowest BCUT2D eigenvalue weighted by molar-refractivity contribution is -0.136. The second-order valence-electron chi connectivity index (χ2n) is 4.27. The number of hydrogen-bond donors (Lipinski definition) is 2. The lowest BCUT2D eigenvalue weighted by Gasteiger charge is -2.13. The average molecular weight is 245 g/mol. The number of nitrogens with one attached hydrogen (secondary N) is 1. The van der Waals surface area contributed by atoms with E-state index < -0.39 is 5.97 Å². The van der Waals surface area contributed by atoms with Gasteiger partial charge >= 0.3 is 5.97 Å². The maximum Gasteiger partial charge on any atom is 0.304 e. The zero-order valence-electron chi connectivity index (χ0n) is 9.57. The van der Waals surface area contributed by atoms with E-state index >= 15 is 0 Å². The second-order valence-corrected chi connectivity index (χ2v) is 5.70. The molecule has 1 rings (SSSR count). The number of aliphatic carboxylic acids is 1. The Hall–Kier alpha value is -0.710. The molecule has 1 amide bonds. The predicted octanol–water partition coefficient (Wildman–Crippen LogP) is 1.64. The Morgan fingerprint density at radius 2 is 2.06 bits per heavy atom. The van der Waals surface area contributed by atoms with Gasteiger partial charge in [0.2, 0.25) is 5.91 Å². The van der Waals surface area contributed by atoms with E-state index in [0.29, 0.717) is 11.8 Å². The number of amides is 1. The summed E-state index contributed by atoms with van der Waals surface area (Å²) in [4.78, 5) is 21.9. The lowest BCUT2D eigenvalue weighted by Crippen LogP contribution is -2.34. The Labute approximate surface area is 100 Å². The van der Waals surface area contributed by atoms with Crippen LogP contribution in [0.15, 0.2) is 0 Å². The summed E-state index contributed by atoms with van der Waals surface area (Å²) in [7, 11) is 0. The van der Waals surface area contributed by atoms with Crippen LogP contribution in [-0.2, 0) is 9.59 Å². The van der Waals surface area contributed by atoms with Crippen molar-refractivity contribution in [3.05, 3.63) is 0 Å². The molecule has 0 aromatic carbocycles. The summed E-state index contributed by atoms with van der Waals surface area (Å²) in [5, 5.41) is 11.5. The molecule has 0 spiro atoms. The van der Waals surface area contributed by atoms with Crippen molar-refractivity contribution < 1.29 is 14.7 Å². The Morgan fingerprint density at radius 3 is 2.62 bits per heavy atom. The summed E-state index contributed by atoms with van der Waals surface area (Å²) in [6.45, 7) is 1.83. The summed E-state index contributed by atoms with van der Waals surface area (Å²) in [6, 6.07) is 0.350. The molecule has 1 fully saturated rings. The van der Waals surface area contributed by atoms with Crippen LogP contribution < -0.4 is 5.32 Å². The zero-order valence-corrected chi connectivity index (χ0v) is 10.4. The van der Waals surface area contributed by atoms with E-state index in [0.717, 1.165) is 12.8 Å². The molecule has 16 heavy (non-hydrogen) atoms. The third kappa shape index (κ3) is 5.39. The maximum absolute atomic E-state index is 11.5. The quantitative estimate of drug-likeness (QED) is 0.746. The van der Waals surface area contributed by atoms with E-state index in [1.165, 1.54) is 24.6 Å². The van der Waals surface area contributed by atoms with Crippen LogP contribution in [0, 0.1) is 0 Å². The Morgan fingerprint density at radius 1 is 1.44 bits per heavy atom. The van der Waals surface area contributed by atoms with Crippen LogP contribution in [0.1, 0.15) is 39.0 Å². The summed E-state index contributed by atoms with van der Waals surface area (Å²) in [5.41, 5.74) is 0. The van der Waals surface area contributed by atoms with Crippen LogP contribution in [0.5, 0.6) is 0 Å². The number of carboxylic acids is 1. The molecule has 1 atom stereocenters. The molecular formula is C11H19NO3S. The summed E-state index contributed by atoms with van der Waals surface area (Å²) < 4.78 is 0. The molecule has 0 saturated heterocycles. The van der Waals surface area contributed by atoms with Gasteiger partial charge in [-0.2, -0.15) is 0 Å². The van der Waals surface area contributed by atoms with Gasteiger partial charge in [0.05, 0.1) is 12.2 Å². The molecule has 5 heteroatoms. The first-order chi connectivity index (χ1) is 7.58. The molecule has 1 saturated carbocycles. The van der Waals surface area contributed by atoms with Crippen molar-refractivity contribution in [1.82, 2.24) is 5.32 Å². The van der Waals surface area contributed by atoms with E-state index in [2.05, 4.69) is 5.32 Å². The number of carbonyl (C=O) groups excluding carboxylic acids is 1. The van der Waals surface area contributed by atoms with Crippen LogP contribution >= 0.6 is 11.8 Å². The predicted molar refractivity (Wildman–Crippen MR) is 64.6 cm³/mol. The third-order valence-corrected chi connectivity index (χ3v) is 3.85. The van der Waals surface area contributed by atoms with Crippen molar-refractivity contribution in [2.45, 2.75) is 50.3 Å². The number of thioether (sulfide) groups is 1. The average Bonchev–Trinajstić information content (AvgIpc) is 2.66. The molecule has 0 aromatic rings. The van der Waals surface area contributed by atoms with Crippen molar-refractivity contribution >= 4 is 23.6 Å². The molecule has 92 valence electrons. The van der Waals surface area contributed by atoms with Crippen LogP contribution in [0.3, 0.4) is 0 Å². The monoisotopic (exact) mass is 245 g/mol. The van der Waals surface area contributed by atoms with Gasteiger partial charge in [-0.15, -0.1) is 11.8 Å². The smallest absolute Gasteiger partial charge is 0.304 e. The van der Waals surface area contributed by atoms with Gasteiger partial charge < -0.3 is 10.4 Å². The van der Waals surface area contributed by atoms with E-state index in [4.69, 9.17) is 5.11 Å². The van der Waals surface area contributed by atoms with Crippen molar-refractivity contribution in [3.8, 4) is 0 Å². The van der Waals surface area contributed by atoms with E-state index in [1.54, 1.807) is 0 Å². The lowest BCUT2D eigenvalue weighted by atomic mass is 10.2. The van der Waals surface area contributed by atoms with Gasteiger partial charge in [-0.1, -0.05) is 19.8 Å². The fraction of sp³-hybridized carbons (Fsp3) is 0.818. The zero-order chi connectivity index (χ0) is 12.0. The highest BCUT2D eigenvalue weighted by Gasteiger charge is 2.17. The molecule has 0 aromatic heterocycles. The minimum Gasteiger partial charge on any atom is -0.481 e. The molecule has 4 nitrogen and oxygen atoms in total. The molecular weight excluding hydrogens is 226 g/mol. The van der Waals surface area contributed by atoms with Gasteiger partial charge in [0.1, 0.15) is 0 Å². The normalized spacial score (nSPS) is 18.3. The van der Waals surface area contributed by atoms with Gasteiger partial charge in [-0.3, -0.25) is 9.59 Å². The highest BCUT2D eigenvalue weighted by atomic mass is 32.2. The minimum atomic E-state index is -0.809. The standard InChI is InChI=1S/C11H19NO3S/c1-8(6-11(14)15)16-7-10(13)12-9-4-2-3-5-9/h8-9H,2-7H2,1H3,(H,12,13)(H,14,15). The SMILES string of the molecule is CC(CC(=O)O)SCC(=O)NC1CCCC1. The molecule has 1 aliphatic rings. The number of rotatable bonds is 6. The van der Waals surface area contributed by atoms with Crippen LogP contribution in [0.4, 0.5) is 0 Å². The second kappa shape index (κ2) is 6.78. The molecule has 1 unspecified atom stereocenters. The summed E-state index contributed by atoms with van der Waals surface area (Å²) in [6.07, 6.45) is 4.69. The van der Waals surface area contributed by atoms with Gasteiger partial charge in [-0.25, -0.2) is 0 Å². The van der Waals surface area contributed by atoms with Crippen molar-refractivity contribution in [3.63, 3.8) is 0 Å². The Balaban J connectivity index is 2.11. The first-order valence-electron chi connectivity index (χ1n) is 5.70.